The standard InChI is InChI=1S/C11H18N4/c1-8(2)10-7-13-15-11(14-10)6-9-4-3-5-12-9/h7-9,12H,3-6H2,1-2H3. The number of rotatable bonds is 3. The normalized spacial score (nSPS) is 21.1. The molecule has 1 unspecified atom stereocenters. The van der Waals surface area contributed by atoms with Gasteiger partial charge in [0.15, 0.2) is 5.82 Å². The zero-order valence-corrected chi connectivity index (χ0v) is 9.40. The smallest absolute Gasteiger partial charge is 0.152 e. The molecule has 1 aromatic heterocycles. The van der Waals surface area contributed by atoms with E-state index in [-0.39, 0.29) is 0 Å². The third-order valence-electron chi connectivity index (χ3n) is 2.80. The third-order valence-corrected chi connectivity index (χ3v) is 2.80. The summed E-state index contributed by atoms with van der Waals surface area (Å²) < 4.78 is 0. The molecule has 15 heavy (non-hydrogen) atoms. The van der Waals surface area contributed by atoms with Crippen LogP contribution in [0.4, 0.5) is 0 Å². The van der Waals surface area contributed by atoms with Gasteiger partial charge in [-0.2, -0.15) is 5.10 Å². The van der Waals surface area contributed by atoms with E-state index in [1.807, 2.05) is 0 Å². The van der Waals surface area contributed by atoms with Gasteiger partial charge in [-0.05, 0) is 25.3 Å². The van der Waals surface area contributed by atoms with Crippen molar-refractivity contribution >= 4 is 0 Å². The van der Waals surface area contributed by atoms with E-state index in [9.17, 15) is 0 Å². The Balaban J connectivity index is 2.04. The Morgan fingerprint density at radius 1 is 1.53 bits per heavy atom. The van der Waals surface area contributed by atoms with Crippen LogP contribution in [0.2, 0.25) is 0 Å². The van der Waals surface area contributed by atoms with Crippen LogP contribution in [0.1, 0.15) is 44.1 Å². The molecule has 0 aliphatic carbocycles. The average molecular weight is 206 g/mol. The van der Waals surface area contributed by atoms with E-state index in [0.717, 1.165) is 24.5 Å². The molecule has 0 saturated carbocycles. The van der Waals surface area contributed by atoms with Crippen molar-refractivity contribution in [3.8, 4) is 0 Å². The summed E-state index contributed by atoms with van der Waals surface area (Å²) in [4.78, 5) is 4.52. The van der Waals surface area contributed by atoms with E-state index >= 15 is 0 Å². The highest BCUT2D eigenvalue weighted by atomic mass is 15.1. The van der Waals surface area contributed by atoms with Gasteiger partial charge in [0.25, 0.3) is 0 Å². The summed E-state index contributed by atoms with van der Waals surface area (Å²) in [5.74, 6) is 1.30. The predicted octanol–water partition coefficient (Wildman–Crippen LogP) is 1.29. The number of hydrogen-bond donors (Lipinski definition) is 1. The molecule has 1 saturated heterocycles. The zero-order valence-electron chi connectivity index (χ0n) is 9.40. The van der Waals surface area contributed by atoms with Gasteiger partial charge in [0.1, 0.15) is 0 Å². The number of nitrogens with one attached hydrogen (secondary N) is 1. The average Bonchev–Trinajstić information content (AvgIpc) is 2.71. The van der Waals surface area contributed by atoms with Crippen molar-refractivity contribution < 1.29 is 0 Å². The van der Waals surface area contributed by atoms with Gasteiger partial charge in [-0.15, -0.1) is 5.10 Å². The summed E-state index contributed by atoms with van der Waals surface area (Å²) in [5.41, 5.74) is 1.04. The Kier molecular flexibility index (Phi) is 3.26. The molecule has 1 aromatic rings. The van der Waals surface area contributed by atoms with Crippen molar-refractivity contribution in [2.24, 2.45) is 0 Å². The first-order chi connectivity index (χ1) is 7.25. The van der Waals surface area contributed by atoms with Crippen molar-refractivity contribution in [3.63, 3.8) is 0 Å². The topological polar surface area (TPSA) is 50.7 Å². The lowest BCUT2D eigenvalue weighted by Gasteiger charge is -2.09. The lowest BCUT2D eigenvalue weighted by Crippen LogP contribution is -2.25. The number of hydrogen-bond acceptors (Lipinski definition) is 4. The summed E-state index contributed by atoms with van der Waals surface area (Å²) in [7, 11) is 0. The Hall–Kier alpha value is -1.03. The van der Waals surface area contributed by atoms with Gasteiger partial charge in [-0.25, -0.2) is 4.98 Å². The molecule has 0 amide bonds. The minimum Gasteiger partial charge on any atom is -0.314 e. The number of nitrogens with zero attached hydrogens (tertiary/aromatic N) is 3. The second-order valence-corrected chi connectivity index (χ2v) is 4.45. The highest BCUT2D eigenvalue weighted by Gasteiger charge is 2.16. The van der Waals surface area contributed by atoms with Crippen LogP contribution < -0.4 is 5.32 Å². The predicted molar refractivity (Wildman–Crippen MR) is 58.6 cm³/mol. The van der Waals surface area contributed by atoms with Crippen LogP contribution in [-0.4, -0.2) is 27.8 Å². The molecule has 0 aromatic carbocycles. The van der Waals surface area contributed by atoms with E-state index in [2.05, 4.69) is 34.3 Å². The molecule has 0 bridgehead atoms. The maximum Gasteiger partial charge on any atom is 0.152 e. The Bertz CT molecular complexity index is 318. The van der Waals surface area contributed by atoms with Gasteiger partial charge in [0.2, 0.25) is 0 Å². The van der Waals surface area contributed by atoms with Crippen molar-refractivity contribution in [1.82, 2.24) is 20.5 Å². The summed E-state index contributed by atoms with van der Waals surface area (Å²) in [6, 6.07) is 0.550. The van der Waals surface area contributed by atoms with Crippen LogP contribution >= 0.6 is 0 Å². The molecular weight excluding hydrogens is 188 g/mol. The van der Waals surface area contributed by atoms with Crippen LogP contribution in [0.25, 0.3) is 0 Å². The highest BCUT2D eigenvalue weighted by Crippen LogP contribution is 2.12. The Morgan fingerprint density at radius 2 is 2.40 bits per heavy atom. The minimum atomic E-state index is 0.427. The monoisotopic (exact) mass is 206 g/mol. The van der Waals surface area contributed by atoms with E-state index < -0.39 is 0 Å². The summed E-state index contributed by atoms with van der Waals surface area (Å²) in [6.07, 6.45) is 5.17. The summed E-state index contributed by atoms with van der Waals surface area (Å²) in [6.45, 7) is 5.38. The molecule has 1 aliphatic rings. The Labute approximate surface area is 90.5 Å². The van der Waals surface area contributed by atoms with E-state index in [4.69, 9.17) is 0 Å². The first kappa shape index (κ1) is 10.5. The van der Waals surface area contributed by atoms with Gasteiger partial charge in [-0.3, -0.25) is 0 Å². The third kappa shape index (κ3) is 2.72. The molecule has 0 radical (unpaired) electrons. The van der Waals surface area contributed by atoms with E-state index in [1.54, 1.807) is 6.20 Å². The van der Waals surface area contributed by atoms with E-state index in [0.29, 0.717) is 12.0 Å². The van der Waals surface area contributed by atoms with Crippen molar-refractivity contribution in [2.45, 2.75) is 45.1 Å². The largest absolute Gasteiger partial charge is 0.314 e. The van der Waals surface area contributed by atoms with Crippen LogP contribution in [0.5, 0.6) is 0 Å². The van der Waals surface area contributed by atoms with Crippen molar-refractivity contribution in [1.29, 1.82) is 0 Å². The molecule has 2 rings (SSSR count). The molecule has 4 nitrogen and oxygen atoms in total. The summed E-state index contributed by atoms with van der Waals surface area (Å²) in [5, 5.41) is 11.5. The zero-order chi connectivity index (χ0) is 10.7. The van der Waals surface area contributed by atoms with E-state index in [1.165, 1.54) is 12.8 Å². The number of aromatic nitrogens is 3. The first-order valence-corrected chi connectivity index (χ1v) is 5.67. The fraction of sp³-hybridized carbons (Fsp3) is 0.727. The second kappa shape index (κ2) is 4.66. The maximum absolute atomic E-state index is 4.52. The Morgan fingerprint density at radius 3 is 3.07 bits per heavy atom. The van der Waals surface area contributed by atoms with Crippen molar-refractivity contribution in [3.05, 3.63) is 17.7 Å². The fourth-order valence-corrected chi connectivity index (χ4v) is 1.87. The molecule has 1 aliphatic heterocycles. The van der Waals surface area contributed by atoms with Gasteiger partial charge >= 0.3 is 0 Å². The van der Waals surface area contributed by atoms with Gasteiger partial charge in [0, 0.05) is 12.5 Å². The molecule has 2 heterocycles. The lowest BCUT2D eigenvalue weighted by molar-refractivity contribution is 0.574. The molecule has 1 fully saturated rings. The SMILES string of the molecule is CC(C)c1cnnc(CC2CCCN2)n1. The van der Waals surface area contributed by atoms with Gasteiger partial charge < -0.3 is 5.32 Å². The molecule has 4 heteroatoms. The van der Waals surface area contributed by atoms with Crippen LogP contribution in [0, 0.1) is 0 Å². The van der Waals surface area contributed by atoms with Crippen LogP contribution in [0.3, 0.4) is 0 Å². The second-order valence-electron chi connectivity index (χ2n) is 4.45. The van der Waals surface area contributed by atoms with Crippen LogP contribution in [0.15, 0.2) is 6.20 Å². The lowest BCUT2D eigenvalue weighted by atomic mass is 10.1. The maximum atomic E-state index is 4.52. The highest BCUT2D eigenvalue weighted by molar-refractivity contribution is 5.02. The molecule has 82 valence electrons. The van der Waals surface area contributed by atoms with Crippen molar-refractivity contribution in [2.75, 3.05) is 6.54 Å². The molecule has 0 spiro atoms. The van der Waals surface area contributed by atoms with Crippen LogP contribution in [-0.2, 0) is 6.42 Å². The quantitative estimate of drug-likeness (QED) is 0.809. The van der Waals surface area contributed by atoms with Gasteiger partial charge in [-0.1, -0.05) is 13.8 Å². The molecular formula is C11H18N4. The molecule has 1 atom stereocenters. The van der Waals surface area contributed by atoms with Gasteiger partial charge in [0.05, 0.1) is 11.9 Å². The molecule has 1 N–H and O–H groups in total. The summed E-state index contributed by atoms with van der Waals surface area (Å²) >= 11 is 0. The minimum absolute atomic E-state index is 0.427. The first-order valence-electron chi connectivity index (χ1n) is 5.67. The fourth-order valence-electron chi connectivity index (χ4n) is 1.87.